The number of anilines is 2. The molecule has 4 nitrogen and oxygen atoms in total. The number of fused-ring (bicyclic) bond motifs is 2. The van der Waals surface area contributed by atoms with Gasteiger partial charge in [-0.3, -0.25) is 9.78 Å². The SMILES string of the molecule is CCC(C)(C)c1ccc(Oc2cc(Nc3ccc(C)cc3)c3c4c(nccc24)-c2ccccc2C3=O)c(C)c1. The van der Waals surface area contributed by atoms with E-state index >= 15 is 0 Å². The first-order valence-electron chi connectivity index (χ1n) is 13.5. The van der Waals surface area contributed by atoms with Gasteiger partial charge in [0.1, 0.15) is 11.5 Å². The highest BCUT2D eigenvalue weighted by Gasteiger charge is 2.30. The maximum atomic E-state index is 13.9. The van der Waals surface area contributed by atoms with Gasteiger partial charge in [0.15, 0.2) is 5.78 Å². The van der Waals surface area contributed by atoms with Gasteiger partial charge in [-0.05, 0) is 61.1 Å². The van der Waals surface area contributed by atoms with E-state index in [1.807, 2.05) is 48.5 Å². The van der Waals surface area contributed by atoms with Crippen molar-refractivity contribution in [3.8, 4) is 22.8 Å². The summed E-state index contributed by atoms with van der Waals surface area (Å²) in [6.07, 6.45) is 2.85. The number of ether oxygens (including phenoxy) is 1. The first kappa shape index (κ1) is 24.9. The fourth-order valence-corrected chi connectivity index (χ4v) is 5.28. The Labute approximate surface area is 229 Å². The van der Waals surface area contributed by atoms with Crippen molar-refractivity contribution < 1.29 is 9.53 Å². The van der Waals surface area contributed by atoms with Crippen LogP contribution in [0.25, 0.3) is 22.0 Å². The molecule has 0 atom stereocenters. The number of aryl methyl sites for hydroxylation is 2. The molecule has 0 radical (unpaired) electrons. The van der Waals surface area contributed by atoms with E-state index in [1.54, 1.807) is 6.20 Å². The lowest BCUT2D eigenvalue weighted by Gasteiger charge is -2.25. The average molecular weight is 513 g/mol. The number of carbonyl (C=O) groups is 1. The zero-order chi connectivity index (χ0) is 27.3. The minimum absolute atomic E-state index is 0.0143. The van der Waals surface area contributed by atoms with Crippen LogP contribution in [0.1, 0.15) is 59.8 Å². The quantitative estimate of drug-likeness (QED) is 0.242. The molecule has 0 saturated carbocycles. The Balaban J connectivity index is 1.55. The molecule has 1 heterocycles. The van der Waals surface area contributed by atoms with E-state index in [-0.39, 0.29) is 11.2 Å². The van der Waals surface area contributed by atoms with Crippen LogP contribution in [0.4, 0.5) is 11.4 Å². The molecule has 1 N–H and O–H groups in total. The number of rotatable bonds is 6. The van der Waals surface area contributed by atoms with Gasteiger partial charge in [0.2, 0.25) is 0 Å². The molecule has 39 heavy (non-hydrogen) atoms. The van der Waals surface area contributed by atoms with E-state index in [2.05, 4.69) is 70.3 Å². The topological polar surface area (TPSA) is 51.2 Å². The monoisotopic (exact) mass is 512 g/mol. The van der Waals surface area contributed by atoms with Gasteiger partial charge in [0.25, 0.3) is 0 Å². The summed E-state index contributed by atoms with van der Waals surface area (Å²) in [6.45, 7) is 10.9. The van der Waals surface area contributed by atoms with E-state index in [1.165, 1.54) is 11.1 Å². The summed E-state index contributed by atoms with van der Waals surface area (Å²) in [5.41, 5.74) is 8.17. The van der Waals surface area contributed by atoms with Gasteiger partial charge in [-0.25, -0.2) is 0 Å². The van der Waals surface area contributed by atoms with E-state index in [9.17, 15) is 4.79 Å². The Bertz CT molecular complexity index is 1750. The third-order valence-corrected chi connectivity index (χ3v) is 8.06. The molecule has 0 fully saturated rings. The first-order chi connectivity index (χ1) is 18.8. The van der Waals surface area contributed by atoms with Crippen molar-refractivity contribution in [3.05, 3.63) is 113 Å². The Morgan fingerprint density at radius 1 is 0.872 bits per heavy atom. The van der Waals surface area contributed by atoms with Crippen LogP contribution in [0.3, 0.4) is 0 Å². The molecule has 1 aliphatic carbocycles. The summed E-state index contributed by atoms with van der Waals surface area (Å²) in [7, 11) is 0. The first-order valence-corrected chi connectivity index (χ1v) is 13.5. The molecule has 6 rings (SSSR count). The molecule has 5 aromatic rings. The van der Waals surface area contributed by atoms with Crippen molar-refractivity contribution in [2.45, 2.75) is 46.5 Å². The number of nitrogens with zero attached hydrogens (tertiary/aromatic N) is 1. The second kappa shape index (κ2) is 9.39. The smallest absolute Gasteiger partial charge is 0.196 e. The van der Waals surface area contributed by atoms with Crippen LogP contribution in [-0.2, 0) is 5.41 Å². The zero-order valence-electron chi connectivity index (χ0n) is 23.1. The fourth-order valence-electron chi connectivity index (χ4n) is 5.28. The van der Waals surface area contributed by atoms with Crippen LogP contribution in [0.15, 0.2) is 85.1 Å². The molecule has 1 aliphatic rings. The Morgan fingerprint density at radius 3 is 2.33 bits per heavy atom. The molecular weight excluding hydrogens is 480 g/mol. The van der Waals surface area contributed by atoms with Gasteiger partial charge in [-0.15, -0.1) is 0 Å². The van der Waals surface area contributed by atoms with Crippen LogP contribution in [0, 0.1) is 13.8 Å². The third kappa shape index (κ3) is 4.26. The lowest BCUT2D eigenvalue weighted by Crippen LogP contribution is -2.15. The maximum Gasteiger partial charge on any atom is 0.196 e. The van der Waals surface area contributed by atoms with Crippen LogP contribution in [0.5, 0.6) is 11.5 Å². The van der Waals surface area contributed by atoms with Gasteiger partial charge in [-0.2, -0.15) is 0 Å². The summed E-state index contributed by atoms with van der Waals surface area (Å²) < 4.78 is 6.64. The number of nitrogens with one attached hydrogen (secondary N) is 1. The standard InChI is InChI=1S/C35H32N2O2/c1-6-35(4,5)23-13-16-29(22(3)19-23)39-30-20-28(37-24-14-11-21(2)12-15-24)32-31-27(30)17-18-36-33(31)25-9-7-8-10-26(25)34(32)38/h7-20,37H,6H2,1-5H3. The predicted molar refractivity (Wildman–Crippen MR) is 160 cm³/mol. The van der Waals surface area contributed by atoms with Gasteiger partial charge >= 0.3 is 0 Å². The molecule has 0 saturated heterocycles. The van der Waals surface area contributed by atoms with Crippen LogP contribution in [0.2, 0.25) is 0 Å². The Hall–Kier alpha value is -4.44. The van der Waals surface area contributed by atoms with Crippen LogP contribution < -0.4 is 10.1 Å². The van der Waals surface area contributed by atoms with E-state index in [0.717, 1.165) is 45.5 Å². The van der Waals surface area contributed by atoms with Crippen molar-refractivity contribution in [3.63, 3.8) is 0 Å². The number of hydrogen-bond acceptors (Lipinski definition) is 4. The highest BCUT2D eigenvalue weighted by atomic mass is 16.5. The van der Waals surface area contributed by atoms with E-state index < -0.39 is 0 Å². The van der Waals surface area contributed by atoms with Crippen LogP contribution >= 0.6 is 0 Å². The molecule has 0 bridgehead atoms. The highest BCUT2D eigenvalue weighted by molar-refractivity contribution is 6.28. The summed E-state index contributed by atoms with van der Waals surface area (Å²) in [6, 6.07) is 26.2. The highest BCUT2D eigenvalue weighted by Crippen LogP contribution is 2.46. The van der Waals surface area contributed by atoms with Gasteiger partial charge < -0.3 is 10.1 Å². The lowest BCUT2D eigenvalue weighted by atomic mass is 9.81. The zero-order valence-corrected chi connectivity index (χ0v) is 23.1. The number of benzene rings is 4. The average Bonchev–Trinajstić information content (AvgIpc) is 2.94. The van der Waals surface area contributed by atoms with E-state index in [0.29, 0.717) is 22.6 Å². The lowest BCUT2D eigenvalue weighted by molar-refractivity contribution is 0.104. The minimum Gasteiger partial charge on any atom is -0.456 e. The Kier molecular flexibility index (Phi) is 5.99. The molecule has 0 amide bonds. The number of carbonyl (C=O) groups excluding carboxylic acids is 1. The summed E-state index contributed by atoms with van der Waals surface area (Å²) in [4.78, 5) is 18.7. The number of pyridine rings is 1. The molecule has 0 unspecified atom stereocenters. The molecule has 0 aliphatic heterocycles. The minimum atomic E-state index is -0.0143. The molecule has 4 aromatic carbocycles. The van der Waals surface area contributed by atoms with Crippen molar-refractivity contribution in [1.29, 1.82) is 0 Å². The van der Waals surface area contributed by atoms with E-state index in [4.69, 9.17) is 9.72 Å². The van der Waals surface area contributed by atoms with Gasteiger partial charge in [-0.1, -0.05) is 74.9 Å². The maximum absolute atomic E-state index is 13.9. The Morgan fingerprint density at radius 2 is 1.62 bits per heavy atom. The normalized spacial score (nSPS) is 12.4. The second-order valence-corrected chi connectivity index (χ2v) is 11.1. The molecule has 0 spiro atoms. The van der Waals surface area contributed by atoms with Crippen molar-refractivity contribution in [2.24, 2.45) is 0 Å². The van der Waals surface area contributed by atoms with Crippen molar-refractivity contribution in [2.75, 3.05) is 5.32 Å². The van der Waals surface area contributed by atoms with Crippen LogP contribution in [-0.4, -0.2) is 10.8 Å². The number of ketones is 1. The fraction of sp³-hybridized carbons (Fsp3) is 0.200. The van der Waals surface area contributed by atoms with Crippen molar-refractivity contribution >= 4 is 27.9 Å². The summed E-state index contributed by atoms with van der Waals surface area (Å²) in [5, 5.41) is 5.19. The third-order valence-electron chi connectivity index (χ3n) is 8.06. The molecule has 1 aromatic heterocycles. The second-order valence-electron chi connectivity index (χ2n) is 11.1. The summed E-state index contributed by atoms with van der Waals surface area (Å²) in [5.74, 6) is 1.47. The molecule has 4 heteroatoms. The predicted octanol–water partition coefficient (Wildman–Crippen LogP) is 9.29. The number of aromatic nitrogens is 1. The largest absolute Gasteiger partial charge is 0.456 e. The molecular formula is C35H32N2O2. The van der Waals surface area contributed by atoms with Gasteiger partial charge in [0.05, 0.1) is 16.9 Å². The molecule has 194 valence electrons. The number of hydrogen-bond donors (Lipinski definition) is 1. The van der Waals surface area contributed by atoms with Crippen molar-refractivity contribution in [1.82, 2.24) is 4.98 Å². The van der Waals surface area contributed by atoms with Gasteiger partial charge in [0, 0.05) is 39.8 Å². The summed E-state index contributed by atoms with van der Waals surface area (Å²) >= 11 is 0.